The number of methoxy groups -OCH3 is 1. The quantitative estimate of drug-likeness (QED) is 0.739. The van der Waals surface area contributed by atoms with Gasteiger partial charge >= 0.3 is 0 Å². The lowest BCUT2D eigenvalue weighted by Crippen LogP contribution is -2.29. The molecule has 0 bridgehead atoms. The lowest BCUT2D eigenvalue weighted by Gasteiger charge is -2.31. The first-order chi connectivity index (χ1) is 9.70. The monoisotopic (exact) mass is 276 g/mol. The van der Waals surface area contributed by atoms with Gasteiger partial charge in [0.25, 0.3) is 0 Å². The first-order valence-electron chi connectivity index (χ1n) is 7.71. The molecule has 0 aromatic heterocycles. The zero-order chi connectivity index (χ0) is 14.4. The molecule has 0 amide bonds. The summed E-state index contributed by atoms with van der Waals surface area (Å²) in [5.74, 6) is 0.913. The number of rotatable bonds is 8. The number of hydrogen-bond acceptors (Lipinski definition) is 3. The summed E-state index contributed by atoms with van der Waals surface area (Å²) in [6.45, 7) is 5.99. The molecular weight excluding hydrogens is 248 g/mol. The van der Waals surface area contributed by atoms with Crippen molar-refractivity contribution >= 4 is 5.69 Å². The zero-order valence-electron chi connectivity index (χ0n) is 13.1. The fourth-order valence-corrected chi connectivity index (χ4v) is 2.68. The van der Waals surface area contributed by atoms with Crippen LogP contribution in [0.25, 0.3) is 0 Å². The second kappa shape index (κ2) is 7.65. The van der Waals surface area contributed by atoms with E-state index in [9.17, 15) is 0 Å². The van der Waals surface area contributed by atoms with E-state index in [4.69, 9.17) is 4.74 Å². The van der Waals surface area contributed by atoms with Crippen LogP contribution in [0.1, 0.15) is 30.4 Å². The minimum Gasteiger partial charge on any atom is -0.383 e. The predicted molar refractivity (Wildman–Crippen MR) is 85.4 cm³/mol. The number of aryl methyl sites for hydroxylation is 1. The molecule has 1 aromatic rings. The van der Waals surface area contributed by atoms with Crippen molar-refractivity contribution in [3.63, 3.8) is 0 Å². The Morgan fingerprint density at radius 1 is 1.35 bits per heavy atom. The number of ether oxygens (including phenoxy) is 1. The van der Waals surface area contributed by atoms with Crippen molar-refractivity contribution < 1.29 is 4.74 Å². The van der Waals surface area contributed by atoms with Crippen LogP contribution in [0.5, 0.6) is 0 Å². The predicted octanol–water partition coefficient (Wildman–Crippen LogP) is 2.97. The van der Waals surface area contributed by atoms with E-state index in [1.807, 2.05) is 0 Å². The fraction of sp³-hybridized carbons (Fsp3) is 0.647. The van der Waals surface area contributed by atoms with Crippen molar-refractivity contribution in [2.45, 2.75) is 32.7 Å². The van der Waals surface area contributed by atoms with Crippen molar-refractivity contribution in [2.75, 3.05) is 38.8 Å². The van der Waals surface area contributed by atoms with Gasteiger partial charge in [-0.3, -0.25) is 0 Å². The molecular formula is C17H28N2O. The maximum Gasteiger partial charge on any atom is 0.0587 e. The molecule has 3 nitrogen and oxygen atoms in total. The molecule has 2 rings (SSSR count). The average Bonchev–Trinajstić information content (AvgIpc) is 2.40. The first kappa shape index (κ1) is 15.3. The smallest absolute Gasteiger partial charge is 0.0587 e. The first-order valence-corrected chi connectivity index (χ1v) is 7.71. The molecule has 3 heteroatoms. The van der Waals surface area contributed by atoms with Crippen molar-refractivity contribution in [3.8, 4) is 0 Å². The van der Waals surface area contributed by atoms with Gasteiger partial charge in [-0.2, -0.15) is 0 Å². The zero-order valence-corrected chi connectivity index (χ0v) is 13.1. The number of benzene rings is 1. The molecule has 1 aliphatic carbocycles. The molecule has 1 aliphatic rings. The molecule has 0 saturated heterocycles. The Kier molecular flexibility index (Phi) is 5.86. The van der Waals surface area contributed by atoms with E-state index in [1.54, 1.807) is 7.11 Å². The summed E-state index contributed by atoms with van der Waals surface area (Å²) in [6.07, 6.45) is 4.24. The van der Waals surface area contributed by atoms with Gasteiger partial charge in [-0.25, -0.2) is 0 Å². The molecule has 0 atom stereocenters. The third-order valence-corrected chi connectivity index (χ3v) is 4.32. The van der Waals surface area contributed by atoms with Gasteiger partial charge in [-0.15, -0.1) is 0 Å². The summed E-state index contributed by atoms with van der Waals surface area (Å²) < 4.78 is 5.04. The Bertz CT molecular complexity index is 415. The highest BCUT2D eigenvalue weighted by Crippen LogP contribution is 2.28. The Balaban J connectivity index is 1.87. The third-order valence-electron chi connectivity index (χ3n) is 4.32. The topological polar surface area (TPSA) is 24.5 Å². The second-order valence-corrected chi connectivity index (χ2v) is 5.96. The van der Waals surface area contributed by atoms with Crippen LogP contribution in [-0.2, 0) is 11.3 Å². The van der Waals surface area contributed by atoms with Gasteiger partial charge in [0.15, 0.2) is 0 Å². The Morgan fingerprint density at radius 2 is 2.15 bits per heavy atom. The highest BCUT2D eigenvalue weighted by molar-refractivity contribution is 5.50. The SMILES string of the molecule is COCCNCc1ccc(N(C)CC2CCC2)cc1C. The van der Waals surface area contributed by atoms with Gasteiger partial charge in [-0.1, -0.05) is 12.5 Å². The van der Waals surface area contributed by atoms with Gasteiger partial charge in [-0.05, 0) is 48.9 Å². The Labute approximate surface area is 123 Å². The molecule has 1 fully saturated rings. The molecule has 0 radical (unpaired) electrons. The van der Waals surface area contributed by atoms with Crippen LogP contribution < -0.4 is 10.2 Å². The molecule has 0 aliphatic heterocycles. The number of hydrogen-bond donors (Lipinski definition) is 1. The van der Waals surface area contributed by atoms with E-state index < -0.39 is 0 Å². The molecule has 1 N–H and O–H groups in total. The summed E-state index contributed by atoms with van der Waals surface area (Å²) >= 11 is 0. The van der Waals surface area contributed by atoms with Crippen molar-refractivity contribution in [1.29, 1.82) is 0 Å². The Morgan fingerprint density at radius 3 is 2.75 bits per heavy atom. The molecule has 0 heterocycles. The van der Waals surface area contributed by atoms with Crippen LogP contribution in [0.15, 0.2) is 18.2 Å². The van der Waals surface area contributed by atoms with Gasteiger partial charge in [0.2, 0.25) is 0 Å². The van der Waals surface area contributed by atoms with Gasteiger partial charge in [0.1, 0.15) is 0 Å². The average molecular weight is 276 g/mol. The molecule has 20 heavy (non-hydrogen) atoms. The molecule has 1 saturated carbocycles. The van der Waals surface area contributed by atoms with Crippen LogP contribution in [0, 0.1) is 12.8 Å². The normalized spacial score (nSPS) is 15.2. The van der Waals surface area contributed by atoms with E-state index in [1.165, 1.54) is 42.6 Å². The molecule has 1 aromatic carbocycles. The highest BCUT2D eigenvalue weighted by Gasteiger charge is 2.19. The Hall–Kier alpha value is -1.06. The van der Waals surface area contributed by atoms with Crippen molar-refractivity contribution in [2.24, 2.45) is 5.92 Å². The van der Waals surface area contributed by atoms with Crippen molar-refractivity contribution in [3.05, 3.63) is 29.3 Å². The summed E-state index contributed by atoms with van der Waals surface area (Å²) in [5, 5.41) is 3.40. The fourth-order valence-electron chi connectivity index (χ4n) is 2.68. The number of nitrogens with one attached hydrogen (secondary N) is 1. The van der Waals surface area contributed by atoms with E-state index in [2.05, 4.69) is 42.4 Å². The highest BCUT2D eigenvalue weighted by atomic mass is 16.5. The number of anilines is 1. The molecule has 0 unspecified atom stereocenters. The minimum atomic E-state index is 0.765. The van der Waals surface area contributed by atoms with Crippen LogP contribution in [0.4, 0.5) is 5.69 Å². The van der Waals surface area contributed by atoms with Gasteiger partial charge < -0.3 is 15.0 Å². The van der Waals surface area contributed by atoms with Crippen LogP contribution >= 0.6 is 0 Å². The molecule has 112 valence electrons. The maximum atomic E-state index is 5.04. The maximum absolute atomic E-state index is 5.04. The standard InChI is InChI=1S/C17H28N2O/c1-14-11-17(19(2)13-15-5-4-6-15)8-7-16(14)12-18-9-10-20-3/h7-8,11,15,18H,4-6,9-10,12-13H2,1-3H3. The lowest BCUT2D eigenvalue weighted by atomic mass is 9.85. The summed E-state index contributed by atoms with van der Waals surface area (Å²) in [4.78, 5) is 2.40. The second-order valence-electron chi connectivity index (χ2n) is 5.96. The van der Waals surface area contributed by atoms with E-state index in [0.717, 1.165) is 25.6 Å². The summed E-state index contributed by atoms with van der Waals surface area (Å²) in [6, 6.07) is 6.81. The van der Waals surface area contributed by atoms with Gasteiger partial charge in [0, 0.05) is 39.5 Å². The van der Waals surface area contributed by atoms with Crippen LogP contribution in [0.2, 0.25) is 0 Å². The largest absolute Gasteiger partial charge is 0.383 e. The third kappa shape index (κ3) is 4.22. The minimum absolute atomic E-state index is 0.765. The molecule has 0 spiro atoms. The van der Waals surface area contributed by atoms with Crippen molar-refractivity contribution in [1.82, 2.24) is 5.32 Å². The summed E-state index contributed by atoms with van der Waals surface area (Å²) in [5.41, 5.74) is 4.09. The van der Waals surface area contributed by atoms with E-state index in [0.29, 0.717) is 0 Å². The van der Waals surface area contributed by atoms with Crippen LogP contribution in [-0.4, -0.2) is 33.9 Å². The van der Waals surface area contributed by atoms with E-state index in [-0.39, 0.29) is 0 Å². The van der Waals surface area contributed by atoms with E-state index >= 15 is 0 Å². The number of nitrogens with zero attached hydrogens (tertiary/aromatic N) is 1. The van der Waals surface area contributed by atoms with Crippen LogP contribution in [0.3, 0.4) is 0 Å². The lowest BCUT2D eigenvalue weighted by molar-refractivity contribution is 0.199. The summed E-state index contributed by atoms with van der Waals surface area (Å²) in [7, 11) is 3.95. The van der Waals surface area contributed by atoms with Gasteiger partial charge in [0.05, 0.1) is 6.61 Å².